The van der Waals surface area contributed by atoms with Crippen LogP contribution in [-0.2, 0) is 11.2 Å². The van der Waals surface area contributed by atoms with Crippen molar-refractivity contribution in [2.45, 2.75) is 40.5 Å². The molecule has 0 saturated carbocycles. The molecule has 1 N–H and O–H groups in total. The Hall–Kier alpha value is -3.93. The van der Waals surface area contributed by atoms with Gasteiger partial charge in [0.25, 0.3) is 5.91 Å². The molecule has 3 aromatic carbocycles. The van der Waals surface area contributed by atoms with E-state index in [4.69, 9.17) is 9.40 Å². The summed E-state index contributed by atoms with van der Waals surface area (Å²) in [6.07, 6.45) is 1.16. The highest BCUT2D eigenvalue weighted by atomic mass is 16.3. The summed E-state index contributed by atoms with van der Waals surface area (Å²) in [6, 6.07) is 15.3. The zero-order valence-electron chi connectivity index (χ0n) is 21.2. The van der Waals surface area contributed by atoms with Crippen molar-refractivity contribution in [1.82, 2.24) is 9.88 Å². The van der Waals surface area contributed by atoms with Gasteiger partial charge in [0.1, 0.15) is 5.52 Å². The Morgan fingerprint density at radius 2 is 1.60 bits per heavy atom. The number of aryl methyl sites for hydroxylation is 5. The Bertz CT molecular complexity index is 1410. The molecule has 1 heterocycles. The van der Waals surface area contributed by atoms with Crippen molar-refractivity contribution in [2.24, 2.45) is 0 Å². The Morgan fingerprint density at radius 3 is 2.26 bits per heavy atom. The Kier molecular flexibility index (Phi) is 6.74. The van der Waals surface area contributed by atoms with Crippen LogP contribution in [0.15, 0.2) is 52.9 Å². The molecule has 0 aliphatic carbocycles. The van der Waals surface area contributed by atoms with Crippen LogP contribution in [0, 0.1) is 27.7 Å². The van der Waals surface area contributed by atoms with Gasteiger partial charge in [-0.15, -0.1) is 0 Å². The van der Waals surface area contributed by atoms with Gasteiger partial charge >= 0.3 is 0 Å². The van der Waals surface area contributed by atoms with Gasteiger partial charge in [0, 0.05) is 37.3 Å². The van der Waals surface area contributed by atoms with E-state index in [1.165, 1.54) is 5.56 Å². The van der Waals surface area contributed by atoms with Gasteiger partial charge in [-0.2, -0.15) is 0 Å². The SMILES string of the molecule is Cc1ccc(NC(=O)c2ccc3oc(-c4c(C)cc(CCC(=O)N(C)C)cc4C)nc3c2)cc1C. The first-order chi connectivity index (χ1) is 16.6. The molecule has 4 rings (SSSR count). The van der Waals surface area contributed by atoms with Crippen LogP contribution in [0.5, 0.6) is 0 Å². The number of nitrogens with zero attached hydrogens (tertiary/aromatic N) is 2. The Labute approximate surface area is 206 Å². The average molecular weight is 470 g/mol. The predicted octanol–water partition coefficient (Wildman–Crippen LogP) is 6.00. The molecule has 0 bridgehead atoms. The number of carbonyl (C=O) groups excluding carboxylic acids is 2. The third-order valence-electron chi connectivity index (χ3n) is 6.35. The van der Waals surface area contributed by atoms with Crippen molar-refractivity contribution >= 4 is 28.6 Å². The summed E-state index contributed by atoms with van der Waals surface area (Å²) in [5, 5.41) is 2.96. The van der Waals surface area contributed by atoms with E-state index in [-0.39, 0.29) is 11.8 Å². The van der Waals surface area contributed by atoms with Crippen molar-refractivity contribution in [3.8, 4) is 11.5 Å². The maximum Gasteiger partial charge on any atom is 0.255 e. The maximum atomic E-state index is 12.8. The summed E-state index contributed by atoms with van der Waals surface area (Å²) in [5.41, 5.74) is 8.97. The lowest BCUT2D eigenvalue weighted by Crippen LogP contribution is -2.21. The third kappa shape index (κ3) is 5.27. The van der Waals surface area contributed by atoms with E-state index < -0.39 is 0 Å². The molecule has 35 heavy (non-hydrogen) atoms. The van der Waals surface area contributed by atoms with Crippen LogP contribution in [0.2, 0.25) is 0 Å². The largest absolute Gasteiger partial charge is 0.436 e. The second-order valence-corrected chi connectivity index (χ2v) is 9.35. The van der Waals surface area contributed by atoms with E-state index >= 15 is 0 Å². The van der Waals surface area contributed by atoms with Gasteiger partial charge < -0.3 is 14.6 Å². The normalized spacial score (nSPS) is 11.0. The number of nitrogens with one attached hydrogen (secondary N) is 1. The van der Waals surface area contributed by atoms with Gasteiger partial charge in [-0.3, -0.25) is 9.59 Å². The number of anilines is 1. The average Bonchev–Trinajstić information content (AvgIpc) is 3.22. The zero-order chi connectivity index (χ0) is 25.3. The molecule has 6 nitrogen and oxygen atoms in total. The first kappa shape index (κ1) is 24.2. The molecular formula is C29H31N3O3. The number of amides is 2. The number of fused-ring (bicyclic) bond motifs is 1. The minimum Gasteiger partial charge on any atom is -0.436 e. The number of aromatic nitrogens is 1. The molecule has 0 spiro atoms. The molecule has 0 aliphatic heterocycles. The van der Waals surface area contributed by atoms with E-state index in [1.807, 2.05) is 45.9 Å². The van der Waals surface area contributed by atoms with Crippen LogP contribution in [0.25, 0.3) is 22.6 Å². The van der Waals surface area contributed by atoms with E-state index in [0.717, 1.165) is 33.5 Å². The fraction of sp³-hybridized carbons (Fsp3) is 0.276. The quantitative estimate of drug-likeness (QED) is 0.376. The number of rotatable bonds is 6. The third-order valence-corrected chi connectivity index (χ3v) is 6.35. The minimum absolute atomic E-state index is 0.112. The van der Waals surface area contributed by atoms with E-state index in [9.17, 15) is 9.59 Å². The Morgan fingerprint density at radius 1 is 0.886 bits per heavy atom. The molecule has 0 fully saturated rings. The van der Waals surface area contributed by atoms with Crippen LogP contribution in [0.3, 0.4) is 0 Å². The summed E-state index contributed by atoms with van der Waals surface area (Å²) in [5.74, 6) is 0.446. The van der Waals surface area contributed by atoms with Crippen LogP contribution in [-0.4, -0.2) is 35.8 Å². The van der Waals surface area contributed by atoms with Crippen molar-refractivity contribution in [3.05, 3.63) is 81.9 Å². The molecule has 0 unspecified atom stereocenters. The lowest BCUT2D eigenvalue weighted by atomic mass is 9.97. The maximum absolute atomic E-state index is 12.8. The van der Waals surface area contributed by atoms with Crippen molar-refractivity contribution in [1.29, 1.82) is 0 Å². The molecule has 1 aromatic heterocycles. The van der Waals surface area contributed by atoms with Gasteiger partial charge in [-0.05, 0) is 92.3 Å². The first-order valence-corrected chi connectivity index (χ1v) is 11.7. The smallest absolute Gasteiger partial charge is 0.255 e. The number of benzene rings is 3. The second-order valence-electron chi connectivity index (χ2n) is 9.35. The first-order valence-electron chi connectivity index (χ1n) is 11.7. The van der Waals surface area contributed by atoms with E-state index in [0.29, 0.717) is 35.4 Å². The zero-order valence-corrected chi connectivity index (χ0v) is 21.2. The molecular weight excluding hydrogens is 438 g/mol. The molecule has 4 aromatic rings. The molecule has 6 heteroatoms. The minimum atomic E-state index is -0.191. The number of carbonyl (C=O) groups is 2. The van der Waals surface area contributed by atoms with Crippen LogP contribution in [0.1, 0.15) is 44.6 Å². The highest BCUT2D eigenvalue weighted by Crippen LogP contribution is 2.31. The van der Waals surface area contributed by atoms with Crippen LogP contribution in [0.4, 0.5) is 5.69 Å². The van der Waals surface area contributed by atoms with Gasteiger partial charge in [-0.25, -0.2) is 4.98 Å². The lowest BCUT2D eigenvalue weighted by Gasteiger charge is -2.12. The summed E-state index contributed by atoms with van der Waals surface area (Å²) in [6.45, 7) is 8.11. The van der Waals surface area contributed by atoms with Crippen LogP contribution >= 0.6 is 0 Å². The van der Waals surface area contributed by atoms with Gasteiger partial charge in [0.2, 0.25) is 11.8 Å². The number of hydrogen-bond donors (Lipinski definition) is 1. The fourth-order valence-corrected chi connectivity index (χ4v) is 4.21. The molecule has 180 valence electrons. The summed E-state index contributed by atoms with van der Waals surface area (Å²) in [4.78, 5) is 31.1. The van der Waals surface area contributed by atoms with Crippen molar-refractivity contribution < 1.29 is 14.0 Å². The molecule has 0 aliphatic rings. The number of hydrogen-bond acceptors (Lipinski definition) is 4. The summed E-state index contributed by atoms with van der Waals surface area (Å²) in [7, 11) is 3.54. The van der Waals surface area contributed by atoms with Gasteiger partial charge in [0.15, 0.2) is 5.58 Å². The molecule has 0 atom stereocenters. The fourth-order valence-electron chi connectivity index (χ4n) is 4.21. The molecule has 0 radical (unpaired) electrons. The van der Waals surface area contributed by atoms with Crippen molar-refractivity contribution in [2.75, 3.05) is 19.4 Å². The van der Waals surface area contributed by atoms with Gasteiger partial charge in [-0.1, -0.05) is 18.2 Å². The predicted molar refractivity (Wildman–Crippen MR) is 140 cm³/mol. The standard InChI is InChI=1S/C29H31N3O3/c1-17-7-10-23(15-18(17)2)30-28(34)22-9-11-25-24(16-22)31-29(35-25)27-19(3)13-21(14-20(27)4)8-12-26(33)32(5)6/h7,9-11,13-16H,8,12H2,1-6H3,(H,30,34). The summed E-state index contributed by atoms with van der Waals surface area (Å²) < 4.78 is 6.06. The lowest BCUT2D eigenvalue weighted by molar-refractivity contribution is -0.128. The topological polar surface area (TPSA) is 75.4 Å². The van der Waals surface area contributed by atoms with E-state index in [2.05, 4.69) is 17.4 Å². The summed E-state index contributed by atoms with van der Waals surface area (Å²) >= 11 is 0. The second kappa shape index (κ2) is 9.74. The van der Waals surface area contributed by atoms with Gasteiger partial charge in [0.05, 0.1) is 0 Å². The number of oxazole rings is 1. The Balaban J connectivity index is 1.57. The highest BCUT2D eigenvalue weighted by molar-refractivity contribution is 6.06. The molecule has 2 amide bonds. The van der Waals surface area contributed by atoms with Crippen molar-refractivity contribution in [3.63, 3.8) is 0 Å². The molecule has 0 saturated heterocycles. The monoisotopic (exact) mass is 469 g/mol. The van der Waals surface area contributed by atoms with E-state index in [1.54, 1.807) is 37.2 Å². The highest BCUT2D eigenvalue weighted by Gasteiger charge is 2.17. The van der Waals surface area contributed by atoms with Crippen LogP contribution < -0.4 is 5.32 Å².